The van der Waals surface area contributed by atoms with Crippen LogP contribution in [-0.4, -0.2) is 14.5 Å². The second kappa shape index (κ2) is 5.74. The van der Waals surface area contributed by atoms with Crippen molar-refractivity contribution >= 4 is 15.7 Å². The van der Waals surface area contributed by atoms with Crippen LogP contribution in [0.2, 0.25) is 0 Å². The van der Waals surface area contributed by atoms with E-state index in [-0.39, 0.29) is 10.9 Å². The molecule has 1 aromatic carbocycles. The van der Waals surface area contributed by atoms with Gasteiger partial charge >= 0.3 is 0 Å². The van der Waals surface area contributed by atoms with Gasteiger partial charge in [0, 0.05) is 6.04 Å². The first-order valence-electron chi connectivity index (χ1n) is 7.21. The summed E-state index contributed by atoms with van der Waals surface area (Å²) in [4.78, 5) is 0.238. The molecule has 3 N–H and O–H groups in total. The number of aryl methyl sites for hydroxylation is 2. The zero-order valence-electron chi connectivity index (χ0n) is 12.4. The van der Waals surface area contributed by atoms with Gasteiger partial charge in [-0.3, -0.25) is 0 Å². The predicted octanol–water partition coefficient (Wildman–Crippen LogP) is 2.74. The normalized spacial score (nSPS) is 18.4. The minimum absolute atomic E-state index is 0.0400. The van der Waals surface area contributed by atoms with Gasteiger partial charge in [-0.1, -0.05) is 25.0 Å². The first-order valence-corrected chi connectivity index (χ1v) is 8.69. The molecule has 1 unspecified atom stereocenters. The second-order valence-electron chi connectivity index (χ2n) is 5.90. The molecule has 0 amide bonds. The van der Waals surface area contributed by atoms with Gasteiger partial charge in [0.1, 0.15) is 4.90 Å². The molecule has 0 spiro atoms. The molecule has 0 heterocycles. The number of benzene rings is 1. The smallest absolute Gasteiger partial charge is 0.243 e. The second-order valence-corrected chi connectivity index (χ2v) is 7.55. The maximum Gasteiger partial charge on any atom is 0.243 e. The molecule has 0 aromatic heterocycles. The lowest BCUT2D eigenvalue weighted by Gasteiger charge is -2.22. The summed E-state index contributed by atoms with van der Waals surface area (Å²) >= 11 is 0. The van der Waals surface area contributed by atoms with Gasteiger partial charge in [-0.2, -0.15) is 0 Å². The molecule has 0 radical (unpaired) electrons. The van der Waals surface area contributed by atoms with Crippen LogP contribution in [0.1, 0.15) is 43.7 Å². The fourth-order valence-electron chi connectivity index (χ4n) is 3.02. The van der Waals surface area contributed by atoms with E-state index in [0.29, 0.717) is 17.2 Å². The number of nitrogens with two attached hydrogens (primary N) is 1. The summed E-state index contributed by atoms with van der Waals surface area (Å²) in [5.41, 5.74) is 7.83. The van der Waals surface area contributed by atoms with Crippen molar-refractivity contribution in [2.45, 2.75) is 57.4 Å². The van der Waals surface area contributed by atoms with Crippen LogP contribution in [0.15, 0.2) is 17.0 Å². The average molecular weight is 296 g/mol. The molecule has 0 bridgehead atoms. The number of nitrogen functional groups attached to an aromatic ring is 1. The summed E-state index contributed by atoms with van der Waals surface area (Å²) in [6.07, 6.45) is 4.60. The third kappa shape index (κ3) is 2.99. The first-order chi connectivity index (χ1) is 9.33. The van der Waals surface area contributed by atoms with Crippen LogP contribution in [0.4, 0.5) is 5.69 Å². The quantitative estimate of drug-likeness (QED) is 0.839. The van der Waals surface area contributed by atoms with Crippen LogP contribution >= 0.6 is 0 Å². The summed E-state index contributed by atoms with van der Waals surface area (Å²) in [6.45, 7) is 5.56. The van der Waals surface area contributed by atoms with E-state index in [1.165, 1.54) is 12.8 Å². The number of hydrogen-bond acceptors (Lipinski definition) is 3. The Morgan fingerprint density at radius 3 is 2.35 bits per heavy atom. The molecular formula is C15H24N2O2S. The number of rotatable bonds is 4. The highest BCUT2D eigenvalue weighted by Crippen LogP contribution is 2.30. The Hall–Kier alpha value is -1.07. The predicted molar refractivity (Wildman–Crippen MR) is 82.1 cm³/mol. The van der Waals surface area contributed by atoms with E-state index in [4.69, 9.17) is 5.73 Å². The summed E-state index contributed by atoms with van der Waals surface area (Å²) < 4.78 is 28.0. The van der Waals surface area contributed by atoms with E-state index in [9.17, 15) is 8.42 Å². The zero-order chi connectivity index (χ0) is 14.9. The highest BCUT2D eigenvalue weighted by atomic mass is 32.2. The lowest BCUT2D eigenvalue weighted by molar-refractivity contribution is 0.424. The largest absolute Gasteiger partial charge is 0.397 e. The summed E-state index contributed by atoms with van der Waals surface area (Å²) in [5.74, 6) is 0.441. The van der Waals surface area contributed by atoms with E-state index in [1.54, 1.807) is 13.0 Å². The lowest BCUT2D eigenvalue weighted by Crippen LogP contribution is -2.37. The molecule has 4 nitrogen and oxygen atoms in total. The Labute approximate surface area is 121 Å². The van der Waals surface area contributed by atoms with Crippen LogP contribution in [0, 0.1) is 19.8 Å². The van der Waals surface area contributed by atoms with E-state index in [1.807, 2.05) is 19.9 Å². The van der Waals surface area contributed by atoms with Gasteiger partial charge in [-0.15, -0.1) is 0 Å². The molecule has 0 aliphatic heterocycles. The molecule has 1 fully saturated rings. The van der Waals surface area contributed by atoms with Crippen molar-refractivity contribution in [2.75, 3.05) is 5.73 Å². The topological polar surface area (TPSA) is 72.2 Å². The third-order valence-electron chi connectivity index (χ3n) is 4.33. The van der Waals surface area contributed by atoms with Crippen molar-refractivity contribution in [3.05, 3.63) is 23.3 Å². The molecule has 2 rings (SSSR count). The Morgan fingerprint density at radius 1 is 1.20 bits per heavy atom. The van der Waals surface area contributed by atoms with Crippen molar-refractivity contribution in [2.24, 2.45) is 5.92 Å². The van der Waals surface area contributed by atoms with Gasteiger partial charge in [0.2, 0.25) is 10.0 Å². The maximum atomic E-state index is 12.6. The number of sulfonamides is 1. The standard InChI is InChI=1S/C15H24N2O2S/c1-10-8-9-11(2)15(14(10)16)20(18,19)17-12(3)13-6-4-5-7-13/h8-9,12-13,17H,4-7,16H2,1-3H3. The van der Waals surface area contributed by atoms with Crippen LogP contribution < -0.4 is 10.5 Å². The molecule has 112 valence electrons. The van der Waals surface area contributed by atoms with Gasteiger partial charge < -0.3 is 5.73 Å². The summed E-state index contributed by atoms with van der Waals surface area (Å²) in [7, 11) is -3.56. The van der Waals surface area contributed by atoms with Crippen LogP contribution in [0.5, 0.6) is 0 Å². The minimum Gasteiger partial charge on any atom is -0.397 e. The highest BCUT2D eigenvalue weighted by Gasteiger charge is 2.28. The fraction of sp³-hybridized carbons (Fsp3) is 0.600. The Kier molecular flexibility index (Phi) is 4.39. The molecular weight excluding hydrogens is 272 g/mol. The van der Waals surface area contributed by atoms with E-state index in [2.05, 4.69) is 4.72 Å². The van der Waals surface area contributed by atoms with Gasteiger partial charge in [0.25, 0.3) is 0 Å². The summed E-state index contributed by atoms with van der Waals surface area (Å²) in [6, 6.07) is 3.62. The minimum atomic E-state index is -3.56. The summed E-state index contributed by atoms with van der Waals surface area (Å²) in [5, 5.41) is 0. The highest BCUT2D eigenvalue weighted by molar-refractivity contribution is 7.89. The number of hydrogen-bond donors (Lipinski definition) is 2. The lowest BCUT2D eigenvalue weighted by atomic mass is 10.0. The fourth-order valence-corrected chi connectivity index (χ4v) is 4.76. The molecule has 1 aliphatic rings. The van der Waals surface area contributed by atoms with Crippen molar-refractivity contribution in [1.29, 1.82) is 0 Å². The van der Waals surface area contributed by atoms with E-state index < -0.39 is 10.0 Å². The van der Waals surface area contributed by atoms with Gasteiger partial charge in [0.15, 0.2) is 0 Å². The van der Waals surface area contributed by atoms with Gasteiger partial charge in [0.05, 0.1) is 5.69 Å². The van der Waals surface area contributed by atoms with Gasteiger partial charge in [-0.25, -0.2) is 13.1 Å². The molecule has 5 heteroatoms. The molecule has 1 aliphatic carbocycles. The monoisotopic (exact) mass is 296 g/mol. The van der Waals surface area contributed by atoms with Crippen molar-refractivity contribution in [3.8, 4) is 0 Å². The van der Waals surface area contributed by atoms with Crippen molar-refractivity contribution < 1.29 is 8.42 Å². The van der Waals surface area contributed by atoms with Crippen LogP contribution in [0.25, 0.3) is 0 Å². The molecule has 1 aromatic rings. The molecule has 20 heavy (non-hydrogen) atoms. The zero-order valence-corrected chi connectivity index (χ0v) is 13.3. The Morgan fingerprint density at radius 2 is 1.75 bits per heavy atom. The molecule has 0 saturated heterocycles. The first kappa shape index (κ1) is 15.3. The average Bonchev–Trinajstić information content (AvgIpc) is 2.87. The van der Waals surface area contributed by atoms with E-state index in [0.717, 1.165) is 18.4 Å². The van der Waals surface area contributed by atoms with E-state index >= 15 is 0 Å². The third-order valence-corrected chi connectivity index (χ3v) is 6.09. The Bertz CT molecular complexity index is 590. The van der Waals surface area contributed by atoms with Crippen molar-refractivity contribution in [1.82, 2.24) is 4.72 Å². The SMILES string of the molecule is Cc1ccc(C)c(S(=O)(=O)NC(C)C2CCCC2)c1N. The maximum absolute atomic E-state index is 12.6. The van der Waals surface area contributed by atoms with Crippen LogP contribution in [-0.2, 0) is 10.0 Å². The number of anilines is 1. The van der Waals surface area contributed by atoms with Crippen molar-refractivity contribution in [3.63, 3.8) is 0 Å². The van der Waals surface area contributed by atoms with Crippen LogP contribution in [0.3, 0.4) is 0 Å². The Balaban J connectivity index is 2.29. The molecule has 1 saturated carbocycles. The number of nitrogens with one attached hydrogen (secondary N) is 1. The molecule has 1 atom stereocenters. The van der Waals surface area contributed by atoms with Gasteiger partial charge in [-0.05, 0) is 50.7 Å².